The number of likely N-dealkylation sites (N-methyl/N-ethyl adjacent to an activating group) is 1. The van der Waals surface area contributed by atoms with Crippen LogP contribution in [0.3, 0.4) is 0 Å². The molecule has 0 aliphatic carbocycles. The van der Waals surface area contributed by atoms with Gasteiger partial charge in [0.2, 0.25) is 0 Å². The Morgan fingerprint density at radius 2 is 1.92 bits per heavy atom. The van der Waals surface area contributed by atoms with Crippen LogP contribution in [-0.2, 0) is 9.31 Å². The molecule has 0 bridgehead atoms. The summed E-state index contributed by atoms with van der Waals surface area (Å²) in [4.78, 5) is 14.5. The Balaban J connectivity index is 1.78. The van der Waals surface area contributed by atoms with Crippen molar-refractivity contribution in [3.63, 3.8) is 0 Å². The maximum atomic E-state index is 12.7. The number of carbonyl (C=O) groups is 1. The molecule has 0 saturated carbocycles. The normalized spacial score (nSPS) is 24.6. The van der Waals surface area contributed by atoms with Gasteiger partial charge in [-0.15, -0.1) is 0 Å². The van der Waals surface area contributed by atoms with Crippen LogP contribution in [0.5, 0.6) is 0 Å². The van der Waals surface area contributed by atoms with Crippen LogP contribution in [0.2, 0.25) is 5.02 Å². The van der Waals surface area contributed by atoms with Crippen LogP contribution in [0.4, 0.5) is 0 Å². The Bertz CT molecular complexity index is 658. The summed E-state index contributed by atoms with van der Waals surface area (Å²) in [5, 5.41) is 3.77. The second-order valence-electron chi connectivity index (χ2n) is 7.89. The predicted octanol–water partition coefficient (Wildman–Crippen LogP) is 2.07. The maximum Gasteiger partial charge on any atom is 0.496 e. The molecule has 2 aliphatic heterocycles. The fraction of sp³-hybridized carbons (Fsp3) is 0.611. The molecule has 2 aliphatic rings. The third kappa shape index (κ3) is 3.45. The van der Waals surface area contributed by atoms with Gasteiger partial charge in [0, 0.05) is 35.7 Å². The standard InChI is InChI=1S/C18H26BClN2O3/c1-17(2)18(3,4)25-19(24-17)14-7-6-12(10-15(14)20)16(23)22(5)13-8-9-21-11-13/h6-7,10,13,21H,8-9,11H2,1-5H3/t13-/m1/s1. The lowest BCUT2D eigenvalue weighted by Gasteiger charge is -2.32. The van der Waals surface area contributed by atoms with Gasteiger partial charge in [0.15, 0.2) is 0 Å². The minimum Gasteiger partial charge on any atom is -0.399 e. The van der Waals surface area contributed by atoms with Crippen LogP contribution >= 0.6 is 11.6 Å². The lowest BCUT2D eigenvalue weighted by molar-refractivity contribution is 0.00578. The number of hydrogen-bond acceptors (Lipinski definition) is 4. The van der Waals surface area contributed by atoms with E-state index in [-0.39, 0.29) is 11.9 Å². The summed E-state index contributed by atoms with van der Waals surface area (Å²) in [5.41, 5.74) is 0.484. The lowest BCUT2D eigenvalue weighted by atomic mass is 9.78. The molecular weight excluding hydrogens is 338 g/mol. The number of rotatable bonds is 3. The van der Waals surface area contributed by atoms with E-state index >= 15 is 0 Å². The van der Waals surface area contributed by atoms with Gasteiger partial charge in [0.25, 0.3) is 5.91 Å². The second-order valence-corrected chi connectivity index (χ2v) is 8.29. The summed E-state index contributed by atoms with van der Waals surface area (Å²) in [6, 6.07) is 5.57. The highest BCUT2D eigenvalue weighted by Gasteiger charge is 2.52. The third-order valence-electron chi connectivity index (χ3n) is 5.66. The monoisotopic (exact) mass is 364 g/mol. The average Bonchev–Trinajstić information content (AvgIpc) is 3.12. The number of benzene rings is 1. The molecule has 136 valence electrons. The summed E-state index contributed by atoms with van der Waals surface area (Å²) in [7, 11) is 1.31. The zero-order valence-corrected chi connectivity index (χ0v) is 16.3. The van der Waals surface area contributed by atoms with Crippen LogP contribution in [-0.4, -0.2) is 55.3 Å². The van der Waals surface area contributed by atoms with E-state index in [1.165, 1.54) is 0 Å². The summed E-state index contributed by atoms with van der Waals surface area (Å²) in [6.07, 6.45) is 0.974. The highest BCUT2D eigenvalue weighted by atomic mass is 35.5. The highest BCUT2D eigenvalue weighted by Crippen LogP contribution is 2.37. The Labute approximate surface area is 155 Å². The molecule has 1 aromatic rings. The summed E-state index contributed by atoms with van der Waals surface area (Å²) in [5.74, 6) is -0.0175. The van der Waals surface area contributed by atoms with E-state index in [0.29, 0.717) is 10.6 Å². The van der Waals surface area contributed by atoms with Crippen molar-refractivity contribution < 1.29 is 14.1 Å². The SMILES string of the molecule is CN(C(=O)c1ccc(B2OC(C)(C)C(C)(C)O2)c(Cl)c1)[C@@H]1CCNC1. The van der Waals surface area contributed by atoms with Crippen molar-refractivity contribution >= 4 is 30.1 Å². The quantitative estimate of drug-likeness (QED) is 0.834. The molecule has 2 fully saturated rings. The van der Waals surface area contributed by atoms with E-state index in [2.05, 4.69) is 5.32 Å². The second kappa shape index (κ2) is 6.58. The van der Waals surface area contributed by atoms with Crippen molar-refractivity contribution in [3.8, 4) is 0 Å². The van der Waals surface area contributed by atoms with Crippen LogP contribution in [0.1, 0.15) is 44.5 Å². The molecule has 0 unspecified atom stereocenters. The van der Waals surface area contributed by atoms with E-state index in [1.807, 2.05) is 40.8 Å². The van der Waals surface area contributed by atoms with E-state index < -0.39 is 18.3 Å². The molecule has 1 amide bonds. The van der Waals surface area contributed by atoms with Gasteiger partial charge in [-0.3, -0.25) is 4.79 Å². The Morgan fingerprint density at radius 1 is 1.28 bits per heavy atom. The molecule has 0 spiro atoms. The molecule has 25 heavy (non-hydrogen) atoms. The first-order valence-electron chi connectivity index (χ1n) is 8.75. The number of halogens is 1. The van der Waals surface area contributed by atoms with Crippen LogP contribution in [0, 0.1) is 0 Å². The number of amides is 1. The van der Waals surface area contributed by atoms with Crippen molar-refractivity contribution in [2.75, 3.05) is 20.1 Å². The molecule has 0 aromatic heterocycles. The first-order chi connectivity index (χ1) is 11.6. The van der Waals surface area contributed by atoms with Crippen molar-refractivity contribution in [1.29, 1.82) is 0 Å². The first-order valence-corrected chi connectivity index (χ1v) is 9.13. The van der Waals surface area contributed by atoms with E-state index in [0.717, 1.165) is 25.0 Å². The molecule has 3 rings (SSSR count). The summed E-state index contributed by atoms with van der Waals surface area (Å²) < 4.78 is 12.1. The average molecular weight is 365 g/mol. The van der Waals surface area contributed by atoms with Crippen molar-refractivity contribution in [3.05, 3.63) is 28.8 Å². The fourth-order valence-corrected chi connectivity index (χ4v) is 3.43. The minimum absolute atomic E-state index is 0.0175. The number of nitrogens with one attached hydrogen (secondary N) is 1. The summed E-state index contributed by atoms with van der Waals surface area (Å²) in [6.45, 7) is 9.80. The van der Waals surface area contributed by atoms with Crippen molar-refractivity contribution in [1.82, 2.24) is 10.2 Å². The molecule has 7 heteroatoms. The van der Waals surface area contributed by atoms with Gasteiger partial charge in [0.05, 0.1) is 11.2 Å². The summed E-state index contributed by atoms with van der Waals surface area (Å²) >= 11 is 6.46. The number of hydrogen-bond donors (Lipinski definition) is 1. The van der Waals surface area contributed by atoms with Crippen LogP contribution < -0.4 is 10.8 Å². The van der Waals surface area contributed by atoms with Crippen LogP contribution in [0.15, 0.2) is 18.2 Å². The van der Waals surface area contributed by atoms with Gasteiger partial charge < -0.3 is 19.5 Å². The van der Waals surface area contributed by atoms with E-state index in [4.69, 9.17) is 20.9 Å². The molecule has 2 saturated heterocycles. The van der Waals surface area contributed by atoms with Crippen LogP contribution in [0.25, 0.3) is 0 Å². The predicted molar refractivity (Wildman–Crippen MR) is 101 cm³/mol. The van der Waals surface area contributed by atoms with Gasteiger partial charge in [0.1, 0.15) is 0 Å². The van der Waals surface area contributed by atoms with Gasteiger partial charge in [-0.25, -0.2) is 0 Å². The topological polar surface area (TPSA) is 50.8 Å². The molecule has 2 heterocycles. The Kier molecular flexibility index (Phi) is 4.92. The van der Waals surface area contributed by atoms with Crippen molar-refractivity contribution in [2.24, 2.45) is 0 Å². The molecule has 1 atom stereocenters. The van der Waals surface area contributed by atoms with Gasteiger partial charge >= 0.3 is 7.12 Å². The zero-order chi connectivity index (χ0) is 18.4. The first kappa shape index (κ1) is 18.7. The Morgan fingerprint density at radius 3 is 2.44 bits per heavy atom. The molecule has 1 N–H and O–H groups in total. The molecule has 5 nitrogen and oxygen atoms in total. The minimum atomic E-state index is -0.529. The lowest BCUT2D eigenvalue weighted by Crippen LogP contribution is -2.41. The Hall–Kier alpha value is -1.08. The molecule has 0 radical (unpaired) electrons. The number of carbonyl (C=O) groups excluding carboxylic acids is 1. The smallest absolute Gasteiger partial charge is 0.399 e. The van der Waals surface area contributed by atoms with Gasteiger partial charge in [-0.2, -0.15) is 0 Å². The van der Waals surface area contributed by atoms with Gasteiger partial charge in [-0.1, -0.05) is 17.7 Å². The number of nitrogens with zero attached hydrogens (tertiary/aromatic N) is 1. The molecular formula is C18H26BClN2O3. The fourth-order valence-electron chi connectivity index (χ4n) is 3.16. The highest BCUT2D eigenvalue weighted by molar-refractivity contribution is 6.65. The maximum absolute atomic E-state index is 12.7. The third-order valence-corrected chi connectivity index (χ3v) is 5.98. The van der Waals surface area contributed by atoms with Gasteiger partial charge in [-0.05, 0) is 52.8 Å². The van der Waals surface area contributed by atoms with Crippen molar-refractivity contribution in [2.45, 2.75) is 51.4 Å². The molecule has 1 aromatic carbocycles. The van der Waals surface area contributed by atoms with E-state index in [9.17, 15) is 4.79 Å². The zero-order valence-electron chi connectivity index (χ0n) is 15.6. The van der Waals surface area contributed by atoms with E-state index in [1.54, 1.807) is 17.0 Å². The largest absolute Gasteiger partial charge is 0.496 e.